The number of nitrogens with one attached hydrogen (secondary N) is 1. The summed E-state index contributed by atoms with van der Waals surface area (Å²) in [4.78, 5) is 33.5. The minimum absolute atomic E-state index is 0.102. The van der Waals surface area contributed by atoms with Crippen molar-refractivity contribution in [3.63, 3.8) is 0 Å². The summed E-state index contributed by atoms with van der Waals surface area (Å²) in [5, 5.41) is 6.23. The number of aromatic nitrogens is 3. The predicted octanol–water partition coefficient (Wildman–Crippen LogP) is 3.94. The molecule has 5 heterocycles. The van der Waals surface area contributed by atoms with Gasteiger partial charge in [0.25, 0.3) is 5.91 Å². The van der Waals surface area contributed by atoms with Gasteiger partial charge >= 0.3 is 6.18 Å². The van der Waals surface area contributed by atoms with Crippen molar-refractivity contribution >= 4 is 33.6 Å². The third kappa shape index (κ3) is 3.66. The molecule has 36 heavy (non-hydrogen) atoms. The highest BCUT2D eigenvalue weighted by atomic mass is 19.4. The number of aromatic amines is 1. The fourth-order valence-corrected chi connectivity index (χ4v) is 5.26. The van der Waals surface area contributed by atoms with Crippen molar-refractivity contribution in [3.8, 4) is 0 Å². The third-order valence-electron chi connectivity index (χ3n) is 6.97. The normalized spacial score (nSPS) is 19.6. The van der Waals surface area contributed by atoms with Gasteiger partial charge in [0.1, 0.15) is 11.5 Å². The van der Waals surface area contributed by atoms with E-state index in [-0.39, 0.29) is 59.5 Å². The molecule has 0 radical (unpaired) electrons. The lowest BCUT2D eigenvalue weighted by molar-refractivity contribution is -0.151. The number of piperidine rings is 1. The Morgan fingerprint density at radius 1 is 1.06 bits per heavy atom. The summed E-state index contributed by atoms with van der Waals surface area (Å²) >= 11 is 0. The molecule has 2 bridgehead atoms. The molecular weight excluding hydrogens is 478 g/mol. The molecule has 4 aromatic rings. The molecule has 0 spiro atoms. The van der Waals surface area contributed by atoms with Gasteiger partial charge in [-0.3, -0.25) is 19.7 Å². The number of hydrogen-bond donors (Lipinski definition) is 1. The van der Waals surface area contributed by atoms with E-state index in [1.807, 2.05) is 5.10 Å². The average molecular weight is 497 g/mol. The van der Waals surface area contributed by atoms with Gasteiger partial charge < -0.3 is 9.80 Å². The van der Waals surface area contributed by atoms with Gasteiger partial charge in [-0.1, -0.05) is 6.07 Å². The number of benzene rings is 2. The first kappa shape index (κ1) is 22.4. The highest BCUT2D eigenvalue weighted by Gasteiger charge is 2.48. The Kier molecular flexibility index (Phi) is 4.99. The van der Waals surface area contributed by atoms with Crippen LogP contribution in [0.25, 0.3) is 21.8 Å². The number of fused-ring (bicyclic) bond motifs is 4. The largest absolute Gasteiger partial charge is 0.433 e. The molecule has 2 aromatic heterocycles. The van der Waals surface area contributed by atoms with Crippen molar-refractivity contribution < 1.29 is 27.2 Å². The van der Waals surface area contributed by atoms with Crippen molar-refractivity contribution in [3.05, 3.63) is 71.3 Å². The number of amides is 2. The number of carbonyl (C=O) groups is 2. The fraction of sp³-hybridized carbons (Fsp3) is 0.280. The van der Waals surface area contributed by atoms with Crippen LogP contribution in [0.3, 0.4) is 0 Å². The number of halogens is 4. The van der Waals surface area contributed by atoms with E-state index in [1.165, 1.54) is 24.3 Å². The van der Waals surface area contributed by atoms with Gasteiger partial charge in [0.2, 0.25) is 5.91 Å². The standard InChI is InChI=1S/C25H19F4N5O2/c26-19-10-21-13(2-1-5-30-21)6-15(19)8-22(35)34-16-9-17(34)12-33(11-16)24(36)14-3-4-20-18(7-14)23(32-31-20)25(27,28)29/h1-7,10,16-17H,8-9,11-12H2,(H,31,32). The van der Waals surface area contributed by atoms with E-state index in [2.05, 4.69) is 10.1 Å². The maximum absolute atomic E-state index is 14.6. The number of carbonyl (C=O) groups excluding carboxylic acids is 2. The van der Waals surface area contributed by atoms with Gasteiger partial charge in [-0.15, -0.1) is 0 Å². The number of piperazine rings is 1. The van der Waals surface area contributed by atoms with Gasteiger partial charge in [0.15, 0.2) is 0 Å². The molecular formula is C25H19F4N5O2. The second-order valence-corrected chi connectivity index (χ2v) is 9.20. The molecule has 2 amide bonds. The van der Waals surface area contributed by atoms with Gasteiger partial charge in [0.05, 0.1) is 29.5 Å². The summed E-state index contributed by atoms with van der Waals surface area (Å²) in [6.07, 6.45) is -2.43. The van der Waals surface area contributed by atoms with E-state index in [0.29, 0.717) is 5.52 Å². The molecule has 3 fully saturated rings. The number of nitrogens with zero attached hydrogens (tertiary/aromatic N) is 4. The lowest BCUT2D eigenvalue weighted by Crippen LogP contribution is -2.71. The maximum Gasteiger partial charge on any atom is 0.433 e. The van der Waals surface area contributed by atoms with Gasteiger partial charge in [-0.05, 0) is 42.3 Å². The molecule has 3 aliphatic rings. The lowest BCUT2D eigenvalue weighted by Gasteiger charge is -2.56. The first-order valence-electron chi connectivity index (χ1n) is 11.4. The van der Waals surface area contributed by atoms with Crippen LogP contribution in [-0.2, 0) is 17.4 Å². The first-order valence-corrected chi connectivity index (χ1v) is 11.4. The molecule has 3 aliphatic heterocycles. The minimum atomic E-state index is -4.62. The van der Waals surface area contributed by atoms with E-state index in [4.69, 9.17) is 0 Å². The van der Waals surface area contributed by atoms with Crippen molar-refractivity contribution in [2.45, 2.75) is 31.1 Å². The zero-order valence-corrected chi connectivity index (χ0v) is 18.7. The number of hydrogen-bond acceptors (Lipinski definition) is 4. The number of H-pyrrole nitrogens is 1. The SMILES string of the molecule is O=C(c1ccc2n[nH]c(C(F)(F)F)c2c1)N1CC2CC(C1)N2C(=O)Cc1cc2cccnc2cc1F. The van der Waals surface area contributed by atoms with Gasteiger partial charge in [-0.25, -0.2) is 4.39 Å². The van der Waals surface area contributed by atoms with Crippen molar-refractivity contribution in [1.29, 1.82) is 0 Å². The van der Waals surface area contributed by atoms with Crippen LogP contribution in [0.4, 0.5) is 17.6 Å². The van der Waals surface area contributed by atoms with Crippen LogP contribution >= 0.6 is 0 Å². The summed E-state index contributed by atoms with van der Waals surface area (Å²) in [5.74, 6) is -1.12. The Morgan fingerprint density at radius 2 is 1.83 bits per heavy atom. The summed E-state index contributed by atoms with van der Waals surface area (Å²) in [6, 6.07) is 10.1. The summed E-state index contributed by atoms with van der Waals surface area (Å²) < 4.78 is 54.3. The summed E-state index contributed by atoms with van der Waals surface area (Å²) in [5.41, 5.74) is 0.0424. The number of rotatable bonds is 3. The highest BCUT2D eigenvalue weighted by molar-refractivity contribution is 5.99. The highest BCUT2D eigenvalue weighted by Crippen LogP contribution is 2.36. The molecule has 2 atom stereocenters. The fourth-order valence-electron chi connectivity index (χ4n) is 5.26. The molecule has 2 aromatic carbocycles. The van der Waals surface area contributed by atoms with Crippen LogP contribution in [0.1, 0.15) is 28.0 Å². The van der Waals surface area contributed by atoms with E-state index in [9.17, 15) is 27.2 Å². The Labute approximate surface area is 201 Å². The van der Waals surface area contributed by atoms with E-state index >= 15 is 0 Å². The quantitative estimate of drug-likeness (QED) is 0.435. The van der Waals surface area contributed by atoms with Crippen LogP contribution in [0.5, 0.6) is 0 Å². The second kappa shape index (κ2) is 8.00. The molecule has 1 N–H and O–H groups in total. The Morgan fingerprint density at radius 3 is 2.58 bits per heavy atom. The van der Waals surface area contributed by atoms with E-state index in [0.717, 1.165) is 11.8 Å². The second-order valence-electron chi connectivity index (χ2n) is 9.20. The van der Waals surface area contributed by atoms with Crippen molar-refractivity contribution in [2.24, 2.45) is 0 Å². The van der Waals surface area contributed by atoms with Gasteiger partial charge in [-0.2, -0.15) is 18.3 Å². The maximum atomic E-state index is 14.6. The molecule has 184 valence electrons. The van der Waals surface area contributed by atoms with Crippen molar-refractivity contribution in [1.82, 2.24) is 25.0 Å². The third-order valence-corrected chi connectivity index (χ3v) is 6.97. The van der Waals surface area contributed by atoms with Crippen LogP contribution in [0.15, 0.2) is 48.7 Å². The molecule has 7 nitrogen and oxygen atoms in total. The van der Waals surface area contributed by atoms with Crippen molar-refractivity contribution in [2.75, 3.05) is 13.1 Å². The van der Waals surface area contributed by atoms with E-state index in [1.54, 1.807) is 34.2 Å². The Bertz CT molecular complexity index is 1520. The topological polar surface area (TPSA) is 82.2 Å². The molecule has 0 saturated carbocycles. The lowest BCUT2D eigenvalue weighted by atomic mass is 9.86. The zero-order chi connectivity index (χ0) is 25.2. The van der Waals surface area contributed by atoms with Crippen LogP contribution in [0, 0.1) is 5.82 Å². The van der Waals surface area contributed by atoms with Crippen LogP contribution in [0.2, 0.25) is 0 Å². The number of pyridine rings is 1. The average Bonchev–Trinajstić information content (AvgIpc) is 3.28. The smallest absolute Gasteiger partial charge is 0.335 e. The molecule has 11 heteroatoms. The number of alkyl halides is 3. The minimum Gasteiger partial charge on any atom is -0.335 e. The first-order chi connectivity index (χ1) is 17.2. The van der Waals surface area contributed by atoms with Gasteiger partial charge in [0, 0.05) is 41.7 Å². The summed E-state index contributed by atoms with van der Waals surface area (Å²) in [6.45, 7) is 0.529. The van der Waals surface area contributed by atoms with E-state index < -0.39 is 23.6 Å². The monoisotopic (exact) mass is 497 g/mol. The molecule has 0 aliphatic carbocycles. The molecule has 2 unspecified atom stereocenters. The molecule has 3 saturated heterocycles. The summed E-state index contributed by atoms with van der Waals surface area (Å²) in [7, 11) is 0. The Balaban J connectivity index is 1.16. The predicted molar refractivity (Wildman–Crippen MR) is 121 cm³/mol. The molecule has 7 rings (SSSR count). The zero-order valence-electron chi connectivity index (χ0n) is 18.7. The van der Waals surface area contributed by atoms with Crippen LogP contribution < -0.4 is 0 Å². The van der Waals surface area contributed by atoms with Crippen LogP contribution in [-0.4, -0.2) is 62.0 Å². The Hall–Kier alpha value is -4.02.